The third-order valence-electron chi connectivity index (χ3n) is 2.88. The molecular formula is C13H14B2FNO4. The Morgan fingerprint density at radius 2 is 1.62 bits per heavy atom. The number of aryl methyl sites for hydroxylation is 2. The summed E-state index contributed by atoms with van der Waals surface area (Å²) in [6, 6.07) is 6.64. The normalized spacial score (nSPS) is 10.4. The standard InChI is InChI=1S/C13H14B2FNO4/c1-8-5-11(6-9(2)17-8)15(20)21-13-7-10(14(18)19)3-4-12(13)16/h3-7,18-20H,1-2H3. The number of benzene rings is 1. The first-order chi connectivity index (χ1) is 9.86. The van der Waals surface area contributed by atoms with Crippen LogP contribution in [0.3, 0.4) is 0 Å². The molecule has 5 nitrogen and oxygen atoms in total. The second-order valence-corrected chi connectivity index (χ2v) is 4.72. The van der Waals surface area contributed by atoms with Crippen molar-refractivity contribution < 1.29 is 24.1 Å². The molecule has 21 heavy (non-hydrogen) atoms. The van der Waals surface area contributed by atoms with E-state index in [-0.39, 0.29) is 11.2 Å². The monoisotopic (exact) mass is 289 g/mol. The molecule has 0 fully saturated rings. The Labute approximate surface area is 122 Å². The van der Waals surface area contributed by atoms with Crippen LogP contribution < -0.4 is 15.6 Å². The smallest absolute Gasteiger partial charge is 0.530 e. The lowest BCUT2D eigenvalue weighted by Gasteiger charge is -2.13. The van der Waals surface area contributed by atoms with Crippen LogP contribution in [0.1, 0.15) is 11.4 Å². The van der Waals surface area contributed by atoms with Crippen LogP contribution in [-0.2, 0) is 0 Å². The predicted molar refractivity (Wildman–Crippen MR) is 78.2 cm³/mol. The molecule has 0 aliphatic rings. The van der Waals surface area contributed by atoms with Crippen LogP contribution in [0.2, 0.25) is 0 Å². The Morgan fingerprint density at radius 3 is 2.19 bits per heavy atom. The first-order valence-corrected chi connectivity index (χ1v) is 6.32. The third kappa shape index (κ3) is 3.81. The zero-order chi connectivity index (χ0) is 15.6. The van der Waals surface area contributed by atoms with Crippen LogP contribution in [0, 0.1) is 19.7 Å². The van der Waals surface area contributed by atoms with E-state index < -0.39 is 20.1 Å². The molecule has 0 aliphatic carbocycles. The molecule has 0 saturated heterocycles. The lowest BCUT2D eigenvalue weighted by atomic mass is 9.78. The quantitative estimate of drug-likeness (QED) is 0.647. The first kappa shape index (κ1) is 15.5. The zero-order valence-electron chi connectivity index (χ0n) is 11.6. The summed E-state index contributed by atoms with van der Waals surface area (Å²) in [4.78, 5) is 4.17. The van der Waals surface area contributed by atoms with Crippen LogP contribution in [0.25, 0.3) is 0 Å². The Morgan fingerprint density at radius 1 is 1.00 bits per heavy atom. The average Bonchev–Trinajstić information content (AvgIpc) is 2.39. The van der Waals surface area contributed by atoms with E-state index in [4.69, 9.17) is 14.7 Å². The van der Waals surface area contributed by atoms with Crippen molar-refractivity contribution in [2.75, 3.05) is 0 Å². The predicted octanol–water partition coefficient (Wildman–Crippen LogP) is -0.716. The molecule has 8 heteroatoms. The minimum atomic E-state index is -1.74. The molecule has 1 aromatic carbocycles. The highest BCUT2D eigenvalue weighted by Crippen LogP contribution is 2.15. The number of hydrogen-bond donors (Lipinski definition) is 3. The third-order valence-corrected chi connectivity index (χ3v) is 2.88. The van der Waals surface area contributed by atoms with Crippen molar-refractivity contribution in [3.8, 4) is 5.75 Å². The molecule has 2 rings (SSSR count). The van der Waals surface area contributed by atoms with Gasteiger partial charge in [0.25, 0.3) is 0 Å². The van der Waals surface area contributed by atoms with E-state index >= 15 is 0 Å². The fraction of sp³-hybridized carbons (Fsp3) is 0.154. The second kappa shape index (κ2) is 6.26. The number of nitrogens with zero attached hydrogens (tertiary/aromatic N) is 1. The van der Waals surface area contributed by atoms with E-state index in [9.17, 15) is 9.41 Å². The highest BCUT2D eigenvalue weighted by molar-refractivity contribution is 6.61. The van der Waals surface area contributed by atoms with Crippen molar-refractivity contribution in [2.24, 2.45) is 0 Å². The Hall–Kier alpha value is -1.89. The van der Waals surface area contributed by atoms with Gasteiger partial charge in [0.2, 0.25) is 0 Å². The van der Waals surface area contributed by atoms with Crippen molar-refractivity contribution in [2.45, 2.75) is 13.8 Å². The maximum Gasteiger partial charge on any atom is 0.560 e. The maximum absolute atomic E-state index is 13.7. The second-order valence-electron chi connectivity index (χ2n) is 4.72. The van der Waals surface area contributed by atoms with Gasteiger partial charge in [0.1, 0.15) is 5.75 Å². The minimum absolute atomic E-state index is 0.0701. The molecule has 3 N–H and O–H groups in total. The molecule has 0 unspecified atom stereocenters. The van der Waals surface area contributed by atoms with E-state index in [2.05, 4.69) is 4.98 Å². The molecule has 0 spiro atoms. The van der Waals surface area contributed by atoms with E-state index in [0.29, 0.717) is 16.9 Å². The SMILES string of the molecule is Cc1cc(B(O)Oc2cc(B(O)O)ccc2F)cc(C)n1. The number of aromatic nitrogens is 1. The topological polar surface area (TPSA) is 82.8 Å². The van der Waals surface area contributed by atoms with Gasteiger partial charge in [-0.05, 0) is 43.6 Å². The van der Waals surface area contributed by atoms with Crippen LogP contribution in [0.15, 0.2) is 30.3 Å². The van der Waals surface area contributed by atoms with Gasteiger partial charge in [0.15, 0.2) is 5.82 Å². The van der Waals surface area contributed by atoms with Gasteiger partial charge in [-0.3, -0.25) is 4.98 Å². The maximum atomic E-state index is 13.7. The first-order valence-electron chi connectivity index (χ1n) is 6.32. The largest absolute Gasteiger partial charge is 0.560 e. The van der Waals surface area contributed by atoms with Gasteiger partial charge in [-0.2, -0.15) is 0 Å². The number of hydrogen-bond acceptors (Lipinski definition) is 5. The molecule has 0 aliphatic heterocycles. The van der Waals surface area contributed by atoms with Gasteiger partial charge in [-0.1, -0.05) is 6.07 Å². The molecule has 0 bridgehead atoms. The summed E-state index contributed by atoms with van der Waals surface area (Å²) < 4.78 is 18.8. The summed E-state index contributed by atoms with van der Waals surface area (Å²) in [6.07, 6.45) is 0. The average molecular weight is 289 g/mol. The number of halogens is 1. The highest BCUT2D eigenvalue weighted by atomic mass is 19.1. The van der Waals surface area contributed by atoms with Crippen molar-refractivity contribution in [3.63, 3.8) is 0 Å². The van der Waals surface area contributed by atoms with Crippen molar-refractivity contribution >= 4 is 25.2 Å². The van der Waals surface area contributed by atoms with Crippen molar-refractivity contribution in [1.82, 2.24) is 4.98 Å². The molecule has 0 saturated carbocycles. The molecular weight excluding hydrogens is 275 g/mol. The highest BCUT2D eigenvalue weighted by Gasteiger charge is 2.23. The van der Waals surface area contributed by atoms with Crippen LogP contribution in [0.4, 0.5) is 4.39 Å². The lowest BCUT2D eigenvalue weighted by Crippen LogP contribution is -2.38. The molecule has 0 atom stereocenters. The molecule has 0 radical (unpaired) electrons. The van der Waals surface area contributed by atoms with Gasteiger partial charge >= 0.3 is 14.2 Å². The zero-order valence-corrected chi connectivity index (χ0v) is 11.6. The Kier molecular flexibility index (Phi) is 4.62. The lowest BCUT2D eigenvalue weighted by molar-refractivity contribution is 0.411. The van der Waals surface area contributed by atoms with Gasteiger partial charge in [0, 0.05) is 16.9 Å². The Bertz CT molecular complexity index is 634. The molecule has 1 heterocycles. The van der Waals surface area contributed by atoms with E-state index in [1.165, 1.54) is 6.07 Å². The van der Waals surface area contributed by atoms with Gasteiger partial charge in [-0.25, -0.2) is 4.39 Å². The number of rotatable bonds is 4. The van der Waals surface area contributed by atoms with Crippen LogP contribution in [-0.4, -0.2) is 34.3 Å². The molecule has 0 amide bonds. The van der Waals surface area contributed by atoms with E-state index in [0.717, 1.165) is 12.1 Å². The molecule has 108 valence electrons. The summed E-state index contributed by atoms with van der Waals surface area (Å²) in [5.74, 6) is -0.971. The van der Waals surface area contributed by atoms with Gasteiger partial charge in [-0.15, -0.1) is 0 Å². The van der Waals surface area contributed by atoms with E-state index in [1.54, 1.807) is 26.0 Å². The van der Waals surface area contributed by atoms with Crippen molar-refractivity contribution in [3.05, 3.63) is 47.5 Å². The van der Waals surface area contributed by atoms with Crippen LogP contribution >= 0.6 is 0 Å². The number of pyridine rings is 1. The van der Waals surface area contributed by atoms with Gasteiger partial charge in [0.05, 0.1) is 0 Å². The summed E-state index contributed by atoms with van der Waals surface area (Å²) in [5.41, 5.74) is 1.91. The fourth-order valence-electron chi connectivity index (χ4n) is 1.97. The van der Waals surface area contributed by atoms with E-state index in [1.807, 2.05) is 0 Å². The Balaban J connectivity index is 2.26. The minimum Gasteiger partial charge on any atom is -0.530 e. The van der Waals surface area contributed by atoms with Crippen molar-refractivity contribution in [1.29, 1.82) is 0 Å². The van der Waals surface area contributed by atoms with Crippen LogP contribution in [0.5, 0.6) is 5.75 Å². The summed E-state index contributed by atoms with van der Waals surface area (Å²) in [7, 11) is -3.12. The summed E-state index contributed by atoms with van der Waals surface area (Å²) in [5, 5.41) is 28.2. The fourth-order valence-corrected chi connectivity index (χ4v) is 1.97. The molecule has 2 aromatic rings. The summed E-state index contributed by atoms with van der Waals surface area (Å²) >= 11 is 0. The van der Waals surface area contributed by atoms with Gasteiger partial charge < -0.3 is 19.7 Å². The molecule has 1 aromatic heterocycles. The summed E-state index contributed by atoms with van der Waals surface area (Å²) in [6.45, 7) is 3.54.